The first-order valence-electron chi connectivity index (χ1n) is 7.18. The number of furan rings is 1. The maximum absolute atomic E-state index is 12.4. The first-order chi connectivity index (χ1) is 10.2. The van der Waals surface area contributed by atoms with E-state index in [-0.39, 0.29) is 12.2 Å². The van der Waals surface area contributed by atoms with Gasteiger partial charge in [-0.2, -0.15) is 0 Å². The van der Waals surface area contributed by atoms with Crippen molar-refractivity contribution in [1.82, 2.24) is 0 Å². The summed E-state index contributed by atoms with van der Waals surface area (Å²) < 4.78 is 16.3. The van der Waals surface area contributed by atoms with Gasteiger partial charge in [-0.15, -0.1) is 0 Å². The van der Waals surface area contributed by atoms with Crippen molar-refractivity contribution in [1.29, 1.82) is 0 Å². The summed E-state index contributed by atoms with van der Waals surface area (Å²) in [5.74, 6) is -0.673. The minimum Gasteiger partial charge on any atom is -0.465 e. The average Bonchev–Trinajstić information content (AvgIpc) is 3.05. The van der Waals surface area contributed by atoms with Crippen LogP contribution in [0.4, 0.5) is 5.69 Å². The number of esters is 1. The molecule has 0 amide bonds. The largest absolute Gasteiger partial charge is 0.465 e. The third kappa shape index (κ3) is 2.08. The molecule has 1 aliphatic heterocycles. The molecule has 0 saturated carbocycles. The van der Waals surface area contributed by atoms with Crippen LogP contribution in [0.25, 0.3) is 11.0 Å². The third-order valence-corrected chi connectivity index (χ3v) is 3.96. The fourth-order valence-electron chi connectivity index (χ4n) is 3.07. The summed E-state index contributed by atoms with van der Waals surface area (Å²) >= 11 is 0. The van der Waals surface area contributed by atoms with Crippen LogP contribution in [0.15, 0.2) is 28.9 Å². The first-order valence-corrected chi connectivity index (χ1v) is 7.18. The third-order valence-electron chi connectivity index (χ3n) is 3.96. The van der Waals surface area contributed by atoms with Crippen LogP contribution in [0.1, 0.15) is 25.3 Å². The zero-order valence-corrected chi connectivity index (χ0v) is 12.5. The van der Waals surface area contributed by atoms with Crippen LogP contribution in [0.5, 0.6) is 0 Å². The van der Waals surface area contributed by atoms with Crippen molar-refractivity contribution in [3.8, 4) is 0 Å². The molecule has 2 aromatic rings. The molecule has 5 nitrogen and oxygen atoms in total. The van der Waals surface area contributed by atoms with E-state index < -0.39 is 5.92 Å². The smallest absolute Gasteiger partial charge is 0.318 e. The molecule has 0 radical (unpaired) electrons. The summed E-state index contributed by atoms with van der Waals surface area (Å²) in [6.45, 7) is 4.96. The Morgan fingerprint density at radius 2 is 2.19 bits per heavy atom. The molecule has 5 heteroatoms. The normalized spacial score (nSPS) is 20.8. The predicted octanol–water partition coefficient (Wildman–Crippen LogP) is 2.89. The number of likely N-dealkylation sites (N-methyl/N-ethyl adjacent to an activating group) is 1. The van der Waals surface area contributed by atoms with Gasteiger partial charge in [0.1, 0.15) is 17.7 Å². The molecule has 2 heterocycles. The van der Waals surface area contributed by atoms with Crippen LogP contribution in [0.3, 0.4) is 0 Å². The first kappa shape index (κ1) is 13.9. The molecule has 2 unspecified atom stereocenters. The van der Waals surface area contributed by atoms with E-state index in [1.165, 1.54) is 0 Å². The van der Waals surface area contributed by atoms with Crippen molar-refractivity contribution in [2.24, 2.45) is 0 Å². The molecule has 0 saturated heterocycles. The molecule has 21 heavy (non-hydrogen) atoms. The molecule has 0 spiro atoms. The fraction of sp³-hybridized carbons (Fsp3) is 0.438. The SMILES string of the molecule is CCOC(=O)C1c2cc3ccoc3cc2N(CC)C1OC. The number of rotatable bonds is 4. The van der Waals surface area contributed by atoms with Crippen LogP contribution in [-0.4, -0.2) is 32.5 Å². The monoisotopic (exact) mass is 289 g/mol. The van der Waals surface area contributed by atoms with E-state index in [1.807, 2.05) is 32.0 Å². The van der Waals surface area contributed by atoms with Gasteiger partial charge < -0.3 is 18.8 Å². The van der Waals surface area contributed by atoms with Crippen LogP contribution in [0.2, 0.25) is 0 Å². The number of methoxy groups -OCH3 is 1. The van der Waals surface area contributed by atoms with Gasteiger partial charge in [0, 0.05) is 30.8 Å². The lowest BCUT2D eigenvalue weighted by Crippen LogP contribution is -2.38. The summed E-state index contributed by atoms with van der Waals surface area (Å²) in [6.07, 6.45) is 1.32. The lowest BCUT2D eigenvalue weighted by Gasteiger charge is -2.27. The van der Waals surface area contributed by atoms with Crippen molar-refractivity contribution in [3.63, 3.8) is 0 Å². The molecule has 0 aliphatic carbocycles. The minimum atomic E-state index is -0.427. The molecule has 2 atom stereocenters. The van der Waals surface area contributed by atoms with Gasteiger partial charge in [-0.05, 0) is 31.5 Å². The van der Waals surface area contributed by atoms with Gasteiger partial charge in [-0.3, -0.25) is 4.79 Å². The number of hydrogen-bond acceptors (Lipinski definition) is 5. The summed E-state index contributed by atoms with van der Waals surface area (Å²) in [4.78, 5) is 14.4. The number of benzene rings is 1. The Balaban J connectivity index is 2.14. The second-order valence-corrected chi connectivity index (χ2v) is 5.01. The summed E-state index contributed by atoms with van der Waals surface area (Å²) in [7, 11) is 1.62. The second kappa shape index (κ2) is 5.41. The van der Waals surface area contributed by atoms with Gasteiger partial charge in [0.2, 0.25) is 0 Å². The number of ether oxygens (including phenoxy) is 2. The Morgan fingerprint density at radius 1 is 1.38 bits per heavy atom. The van der Waals surface area contributed by atoms with E-state index in [0.29, 0.717) is 6.61 Å². The van der Waals surface area contributed by atoms with Crippen LogP contribution in [-0.2, 0) is 14.3 Å². The Kier molecular flexibility index (Phi) is 3.59. The molecule has 1 aromatic heterocycles. The molecule has 0 N–H and O–H groups in total. The van der Waals surface area contributed by atoms with E-state index in [4.69, 9.17) is 13.9 Å². The number of carbonyl (C=O) groups excluding carboxylic acids is 1. The fourth-order valence-corrected chi connectivity index (χ4v) is 3.07. The van der Waals surface area contributed by atoms with E-state index in [1.54, 1.807) is 13.4 Å². The van der Waals surface area contributed by atoms with E-state index in [2.05, 4.69) is 4.90 Å². The number of hydrogen-bond donors (Lipinski definition) is 0. The minimum absolute atomic E-state index is 0.246. The van der Waals surface area contributed by atoms with E-state index >= 15 is 0 Å². The quantitative estimate of drug-likeness (QED) is 0.810. The predicted molar refractivity (Wildman–Crippen MR) is 79.4 cm³/mol. The van der Waals surface area contributed by atoms with Crippen molar-refractivity contribution in [2.45, 2.75) is 26.0 Å². The van der Waals surface area contributed by atoms with Crippen LogP contribution < -0.4 is 4.90 Å². The number of carbonyl (C=O) groups is 1. The van der Waals surface area contributed by atoms with Gasteiger partial charge in [-0.25, -0.2) is 0 Å². The highest BCUT2D eigenvalue weighted by Gasteiger charge is 2.43. The topological polar surface area (TPSA) is 51.9 Å². The van der Waals surface area contributed by atoms with Crippen LogP contribution >= 0.6 is 0 Å². The van der Waals surface area contributed by atoms with Crippen molar-refractivity contribution in [3.05, 3.63) is 30.0 Å². The Hall–Kier alpha value is -2.01. The van der Waals surface area contributed by atoms with Crippen molar-refractivity contribution >= 4 is 22.6 Å². The lowest BCUT2D eigenvalue weighted by atomic mass is 9.99. The Labute approximate surface area is 123 Å². The van der Waals surface area contributed by atoms with Crippen LogP contribution in [0, 0.1) is 0 Å². The lowest BCUT2D eigenvalue weighted by molar-refractivity contribution is -0.148. The van der Waals surface area contributed by atoms with Gasteiger partial charge in [0.05, 0.1) is 12.9 Å². The second-order valence-electron chi connectivity index (χ2n) is 5.01. The molecule has 1 aliphatic rings. The maximum Gasteiger partial charge on any atom is 0.318 e. The Morgan fingerprint density at radius 3 is 2.86 bits per heavy atom. The zero-order chi connectivity index (χ0) is 15.0. The number of fused-ring (bicyclic) bond motifs is 2. The molecular weight excluding hydrogens is 270 g/mol. The maximum atomic E-state index is 12.4. The summed E-state index contributed by atoms with van der Waals surface area (Å²) in [5, 5.41) is 0.982. The van der Waals surface area contributed by atoms with Crippen molar-refractivity contribution < 1.29 is 18.7 Å². The highest BCUT2D eigenvalue weighted by molar-refractivity contribution is 5.91. The molecule has 3 rings (SSSR count). The molecule has 0 bridgehead atoms. The van der Waals surface area contributed by atoms with Gasteiger partial charge >= 0.3 is 5.97 Å². The highest BCUT2D eigenvalue weighted by Crippen LogP contribution is 2.44. The highest BCUT2D eigenvalue weighted by atomic mass is 16.5. The van der Waals surface area contributed by atoms with E-state index in [0.717, 1.165) is 28.8 Å². The molecule has 112 valence electrons. The number of nitrogens with zero attached hydrogens (tertiary/aromatic N) is 1. The molecular formula is C16H19NO4. The van der Waals surface area contributed by atoms with Gasteiger partial charge in [0.15, 0.2) is 0 Å². The standard InChI is InChI=1S/C16H19NO4/c1-4-17-12-9-13-10(6-7-21-13)8-11(12)14(15(17)19-3)16(18)20-5-2/h6-9,14-15H,4-5H2,1-3H3. The van der Waals surface area contributed by atoms with Gasteiger partial charge in [0.25, 0.3) is 0 Å². The molecule has 1 aromatic carbocycles. The zero-order valence-electron chi connectivity index (χ0n) is 12.5. The van der Waals surface area contributed by atoms with E-state index in [9.17, 15) is 4.79 Å². The van der Waals surface area contributed by atoms with Gasteiger partial charge in [-0.1, -0.05) is 0 Å². The molecule has 0 fully saturated rings. The average molecular weight is 289 g/mol. The van der Waals surface area contributed by atoms with Crippen molar-refractivity contribution in [2.75, 3.05) is 25.2 Å². The summed E-state index contributed by atoms with van der Waals surface area (Å²) in [5.41, 5.74) is 2.73. The summed E-state index contributed by atoms with van der Waals surface area (Å²) in [6, 6.07) is 5.87. The number of anilines is 1. The Bertz CT molecular complexity index is 663.